The summed E-state index contributed by atoms with van der Waals surface area (Å²) in [5, 5.41) is 3.77. The molecule has 0 amide bonds. The number of nitrogens with zero attached hydrogens (tertiary/aromatic N) is 1. The van der Waals surface area contributed by atoms with Crippen LogP contribution in [0.5, 0.6) is 0 Å². The molecule has 0 heterocycles. The second-order valence-electron chi connectivity index (χ2n) is 7.12. The first-order valence-electron chi connectivity index (χ1n) is 9.21. The van der Waals surface area contributed by atoms with Crippen molar-refractivity contribution in [1.29, 1.82) is 0 Å². The second-order valence-corrected chi connectivity index (χ2v) is 7.12. The van der Waals surface area contributed by atoms with Crippen LogP contribution in [0.2, 0.25) is 0 Å². The minimum atomic E-state index is 0.733. The van der Waals surface area contributed by atoms with Crippen molar-refractivity contribution in [3.05, 3.63) is 0 Å². The summed E-state index contributed by atoms with van der Waals surface area (Å²) in [6.07, 6.45) is 14.3. The molecule has 0 aromatic heterocycles. The molecule has 0 bridgehead atoms. The molecule has 2 heteroatoms. The number of likely N-dealkylation sites (N-methyl/N-ethyl adjacent to an activating group) is 2. The number of nitrogens with one attached hydrogen (secondary N) is 1. The molecule has 0 aromatic carbocycles. The lowest BCUT2D eigenvalue weighted by Crippen LogP contribution is -2.52. The van der Waals surface area contributed by atoms with Gasteiger partial charge in [0.05, 0.1) is 0 Å². The average Bonchev–Trinajstić information content (AvgIpc) is 2.72. The van der Waals surface area contributed by atoms with Crippen LogP contribution in [0, 0.1) is 5.92 Å². The molecule has 0 aliphatic heterocycles. The molecule has 2 aliphatic carbocycles. The third kappa shape index (κ3) is 4.21. The van der Waals surface area contributed by atoms with Gasteiger partial charge in [0, 0.05) is 18.1 Å². The zero-order valence-electron chi connectivity index (χ0n) is 14.0. The molecule has 0 saturated heterocycles. The van der Waals surface area contributed by atoms with E-state index in [0.717, 1.165) is 30.6 Å². The molecular formula is C18H36N2. The highest BCUT2D eigenvalue weighted by molar-refractivity contribution is 4.89. The Morgan fingerprint density at radius 2 is 1.60 bits per heavy atom. The first kappa shape index (κ1) is 16.3. The van der Waals surface area contributed by atoms with Gasteiger partial charge in [0.1, 0.15) is 0 Å². The van der Waals surface area contributed by atoms with E-state index in [9.17, 15) is 0 Å². The Morgan fingerprint density at radius 1 is 0.900 bits per heavy atom. The normalized spacial score (nSPS) is 36.0. The summed E-state index contributed by atoms with van der Waals surface area (Å²) in [5.41, 5.74) is 0. The Balaban J connectivity index is 1.92. The lowest BCUT2D eigenvalue weighted by molar-refractivity contribution is 0.0922. The Hall–Kier alpha value is -0.0800. The van der Waals surface area contributed by atoms with Gasteiger partial charge in [-0.2, -0.15) is 0 Å². The monoisotopic (exact) mass is 280 g/mol. The van der Waals surface area contributed by atoms with Crippen LogP contribution in [0.4, 0.5) is 0 Å². The molecular weight excluding hydrogens is 244 g/mol. The summed E-state index contributed by atoms with van der Waals surface area (Å²) in [6.45, 7) is 5.74. The van der Waals surface area contributed by atoms with E-state index in [0.29, 0.717) is 0 Å². The van der Waals surface area contributed by atoms with Crippen LogP contribution in [0.25, 0.3) is 0 Å². The van der Waals surface area contributed by atoms with E-state index in [-0.39, 0.29) is 0 Å². The van der Waals surface area contributed by atoms with Crippen LogP contribution in [0.15, 0.2) is 0 Å². The lowest BCUT2D eigenvalue weighted by atomic mass is 9.83. The van der Waals surface area contributed by atoms with Gasteiger partial charge in [-0.3, -0.25) is 4.90 Å². The smallest absolute Gasteiger partial charge is 0.0249 e. The fourth-order valence-corrected chi connectivity index (χ4v) is 4.51. The third-order valence-corrected chi connectivity index (χ3v) is 5.94. The van der Waals surface area contributed by atoms with E-state index in [2.05, 4.69) is 31.1 Å². The Kier molecular flexibility index (Phi) is 6.83. The molecule has 118 valence electrons. The molecule has 2 aliphatic rings. The fourth-order valence-electron chi connectivity index (χ4n) is 4.51. The van der Waals surface area contributed by atoms with Crippen molar-refractivity contribution in [2.75, 3.05) is 13.6 Å². The highest BCUT2D eigenvalue weighted by atomic mass is 15.2. The second kappa shape index (κ2) is 8.38. The molecule has 1 N–H and O–H groups in total. The van der Waals surface area contributed by atoms with Crippen molar-refractivity contribution >= 4 is 0 Å². The Labute approximate surface area is 126 Å². The first-order valence-corrected chi connectivity index (χ1v) is 9.21. The molecule has 20 heavy (non-hydrogen) atoms. The van der Waals surface area contributed by atoms with Gasteiger partial charge in [0.15, 0.2) is 0 Å². The van der Waals surface area contributed by atoms with Gasteiger partial charge in [-0.1, -0.05) is 39.5 Å². The van der Waals surface area contributed by atoms with Crippen molar-refractivity contribution in [1.82, 2.24) is 10.2 Å². The van der Waals surface area contributed by atoms with Crippen LogP contribution in [0.1, 0.15) is 78.1 Å². The third-order valence-electron chi connectivity index (χ3n) is 5.94. The maximum atomic E-state index is 3.77. The Bertz CT molecular complexity index is 258. The summed E-state index contributed by atoms with van der Waals surface area (Å²) >= 11 is 0. The van der Waals surface area contributed by atoms with Crippen LogP contribution in [-0.4, -0.2) is 36.6 Å². The highest BCUT2D eigenvalue weighted by Gasteiger charge is 2.32. The minimum absolute atomic E-state index is 0.733. The standard InChI is InChI=1S/C18H36N2/c1-4-15-11-13-16(14-12-15)20(3)18-10-8-6-7-9-17(18)19-5-2/h15-19H,4-14H2,1-3H3. The summed E-state index contributed by atoms with van der Waals surface area (Å²) in [6, 6.07) is 2.36. The van der Waals surface area contributed by atoms with Crippen LogP contribution in [-0.2, 0) is 0 Å². The van der Waals surface area contributed by atoms with Gasteiger partial charge in [0.25, 0.3) is 0 Å². The van der Waals surface area contributed by atoms with Crippen molar-refractivity contribution in [2.45, 2.75) is 96.2 Å². The predicted molar refractivity (Wildman–Crippen MR) is 88.1 cm³/mol. The van der Waals surface area contributed by atoms with E-state index in [1.165, 1.54) is 64.2 Å². The van der Waals surface area contributed by atoms with Gasteiger partial charge in [-0.25, -0.2) is 0 Å². The maximum absolute atomic E-state index is 3.77. The maximum Gasteiger partial charge on any atom is 0.0249 e. The first-order chi connectivity index (χ1) is 9.76. The van der Waals surface area contributed by atoms with Gasteiger partial charge >= 0.3 is 0 Å². The van der Waals surface area contributed by atoms with Crippen LogP contribution >= 0.6 is 0 Å². The van der Waals surface area contributed by atoms with Gasteiger partial charge in [0.2, 0.25) is 0 Å². The van der Waals surface area contributed by atoms with Crippen molar-refractivity contribution in [2.24, 2.45) is 5.92 Å². The quantitative estimate of drug-likeness (QED) is 0.759. The summed E-state index contributed by atoms with van der Waals surface area (Å²) in [7, 11) is 2.41. The zero-order valence-corrected chi connectivity index (χ0v) is 14.0. The molecule has 2 saturated carbocycles. The van der Waals surface area contributed by atoms with E-state index >= 15 is 0 Å². The molecule has 2 nitrogen and oxygen atoms in total. The Morgan fingerprint density at radius 3 is 2.25 bits per heavy atom. The molecule has 2 atom stereocenters. The van der Waals surface area contributed by atoms with E-state index < -0.39 is 0 Å². The van der Waals surface area contributed by atoms with Crippen molar-refractivity contribution in [3.63, 3.8) is 0 Å². The summed E-state index contributed by atoms with van der Waals surface area (Å²) < 4.78 is 0. The molecule has 0 spiro atoms. The largest absolute Gasteiger partial charge is 0.313 e. The number of hydrogen-bond donors (Lipinski definition) is 1. The predicted octanol–water partition coefficient (Wildman–Crippen LogP) is 4.20. The van der Waals surface area contributed by atoms with Crippen LogP contribution in [0.3, 0.4) is 0 Å². The number of hydrogen-bond acceptors (Lipinski definition) is 2. The molecule has 2 unspecified atom stereocenters. The van der Waals surface area contributed by atoms with Gasteiger partial charge in [-0.15, -0.1) is 0 Å². The van der Waals surface area contributed by atoms with Crippen LogP contribution < -0.4 is 5.32 Å². The SMILES string of the molecule is CCNC1CCCCCC1N(C)C1CCC(CC)CC1. The fraction of sp³-hybridized carbons (Fsp3) is 1.00. The minimum Gasteiger partial charge on any atom is -0.313 e. The van der Waals surface area contributed by atoms with E-state index in [1.807, 2.05) is 0 Å². The summed E-state index contributed by atoms with van der Waals surface area (Å²) in [4.78, 5) is 2.77. The van der Waals surface area contributed by atoms with Gasteiger partial charge < -0.3 is 5.32 Å². The molecule has 2 rings (SSSR count). The van der Waals surface area contributed by atoms with Crippen molar-refractivity contribution < 1.29 is 0 Å². The molecule has 2 fully saturated rings. The van der Waals surface area contributed by atoms with E-state index in [1.54, 1.807) is 0 Å². The number of rotatable bonds is 5. The van der Waals surface area contributed by atoms with Gasteiger partial charge in [-0.05, 0) is 58.0 Å². The van der Waals surface area contributed by atoms with Crippen molar-refractivity contribution in [3.8, 4) is 0 Å². The lowest BCUT2D eigenvalue weighted by Gasteiger charge is -2.42. The highest BCUT2D eigenvalue weighted by Crippen LogP contribution is 2.32. The topological polar surface area (TPSA) is 15.3 Å². The zero-order chi connectivity index (χ0) is 14.4. The summed E-state index contributed by atoms with van der Waals surface area (Å²) in [5.74, 6) is 1.01. The molecule has 0 aromatic rings. The average molecular weight is 281 g/mol. The van der Waals surface area contributed by atoms with E-state index in [4.69, 9.17) is 0 Å². The molecule has 0 radical (unpaired) electrons.